The molecule has 2 heterocycles. The Kier molecular flexibility index (Phi) is 2.45. The predicted octanol–water partition coefficient (Wildman–Crippen LogP) is -0.524. The van der Waals surface area contributed by atoms with Crippen LogP contribution in [0, 0.1) is 0 Å². The summed E-state index contributed by atoms with van der Waals surface area (Å²) in [4.78, 5) is 39.7. The number of rotatable bonds is 1. The molecule has 3 rings (SSSR count). The molecule has 0 bridgehead atoms. The lowest BCUT2D eigenvalue weighted by atomic mass is 9.83. The third kappa shape index (κ3) is 1.49. The molecule has 6 nitrogen and oxygen atoms in total. The van der Waals surface area contributed by atoms with Crippen molar-refractivity contribution in [2.45, 2.75) is 0 Å². The van der Waals surface area contributed by atoms with E-state index in [1.807, 2.05) is 0 Å². The van der Waals surface area contributed by atoms with Crippen molar-refractivity contribution >= 4 is 23.2 Å². The summed E-state index contributed by atoms with van der Waals surface area (Å²) in [6.07, 6.45) is 3.24. The van der Waals surface area contributed by atoms with E-state index < -0.39 is 17.5 Å². The first-order valence-corrected chi connectivity index (χ1v) is 5.76. The van der Waals surface area contributed by atoms with Gasteiger partial charge in [-0.1, -0.05) is 6.08 Å². The first kappa shape index (κ1) is 11.6. The van der Waals surface area contributed by atoms with E-state index in [9.17, 15) is 14.4 Å². The summed E-state index contributed by atoms with van der Waals surface area (Å²) in [6.45, 7) is 0.642. The van der Waals surface area contributed by atoms with E-state index in [4.69, 9.17) is 4.74 Å². The molecule has 6 heteroatoms. The number of nitrogens with one attached hydrogen (secondary N) is 1. The number of carbonyl (C=O) groups is 3. The Morgan fingerprint density at radius 1 is 1.32 bits per heavy atom. The molecule has 0 saturated carbocycles. The van der Waals surface area contributed by atoms with Crippen LogP contribution in [0.5, 0.6) is 0 Å². The van der Waals surface area contributed by atoms with Gasteiger partial charge >= 0.3 is 5.97 Å². The van der Waals surface area contributed by atoms with Crippen molar-refractivity contribution in [2.24, 2.45) is 4.99 Å². The van der Waals surface area contributed by atoms with E-state index in [1.54, 1.807) is 12.2 Å². The van der Waals surface area contributed by atoms with E-state index in [0.717, 1.165) is 0 Å². The molecule has 19 heavy (non-hydrogen) atoms. The zero-order valence-corrected chi connectivity index (χ0v) is 10.1. The van der Waals surface area contributed by atoms with Crippen molar-refractivity contribution in [3.63, 3.8) is 0 Å². The largest absolute Gasteiger partial charge is 0.465 e. The molecule has 1 aliphatic carbocycles. The molecule has 0 spiro atoms. The highest BCUT2D eigenvalue weighted by Gasteiger charge is 2.41. The molecule has 0 fully saturated rings. The number of Topliss-reactive ketones (excluding diaryl/α,β-unsaturated/α-hetero) is 2. The van der Waals surface area contributed by atoms with Gasteiger partial charge in [-0.2, -0.15) is 0 Å². The van der Waals surface area contributed by atoms with Crippen LogP contribution < -0.4 is 5.32 Å². The number of ketones is 2. The predicted molar refractivity (Wildman–Crippen MR) is 65.5 cm³/mol. The average molecular weight is 258 g/mol. The van der Waals surface area contributed by atoms with Crippen LogP contribution in [0.15, 0.2) is 39.6 Å². The molecule has 0 aromatic heterocycles. The van der Waals surface area contributed by atoms with Gasteiger partial charge in [-0.15, -0.1) is 0 Å². The standard InChI is InChI=1S/C13H10N2O4/c1-19-13(18)6-2-4-15-10-8(6)9-7(3-5-14-9)11(16)12(10)17/h2-3,14H,4-5H2,1H3. The van der Waals surface area contributed by atoms with Crippen molar-refractivity contribution in [3.05, 3.63) is 34.6 Å². The highest BCUT2D eigenvalue weighted by atomic mass is 16.5. The number of hydrogen-bond acceptors (Lipinski definition) is 6. The Hall–Kier alpha value is -2.50. The summed E-state index contributed by atoms with van der Waals surface area (Å²) < 4.78 is 4.71. The van der Waals surface area contributed by atoms with Crippen LogP contribution in [0.3, 0.4) is 0 Å². The van der Waals surface area contributed by atoms with Gasteiger partial charge in [0.1, 0.15) is 5.71 Å². The van der Waals surface area contributed by atoms with Gasteiger partial charge in [-0.05, 0) is 6.08 Å². The minimum Gasteiger partial charge on any atom is -0.465 e. The number of fused-ring (bicyclic) bond motifs is 2. The molecule has 1 N–H and O–H groups in total. The number of esters is 1. The molecular formula is C13H10N2O4. The summed E-state index contributed by atoms with van der Waals surface area (Å²) in [6, 6.07) is 0. The van der Waals surface area contributed by atoms with Gasteiger partial charge in [0.25, 0.3) is 5.78 Å². The minimum absolute atomic E-state index is 0.0504. The number of ether oxygens (including phenoxy) is 1. The Labute approximate surface area is 108 Å². The highest BCUT2D eigenvalue weighted by molar-refractivity contribution is 6.74. The highest BCUT2D eigenvalue weighted by Crippen LogP contribution is 2.31. The molecule has 2 aliphatic heterocycles. The van der Waals surface area contributed by atoms with Crippen LogP contribution in [-0.2, 0) is 19.1 Å². The Morgan fingerprint density at radius 3 is 2.84 bits per heavy atom. The second kappa shape index (κ2) is 4.01. The minimum atomic E-state index is -0.664. The molecule has 0 amide bonds. The van der Waals surface area contributed by atoms with Crippen LogP contribution in [-0.4, -0.2) is 43.4 Å². The molecule has 3 aliphatic rings. The number of allylic oxidation sites excluding steroid dienone is 1. The van der Waals surface area contributed by atoms with E-state index in [1.165, 1.54) is 7.11 Å². The summed E-state index contributed by atoms with van der Waals surface area (Å²) in [5, 5.41) is 3.00. The molecule has 0 atom stereocenters. The Morgan fingerprint density at radius 2 is 2.11 bits per heavy atom. The van der Waals surface area contributed by atoms with Gasteiger partial charge in [0.2, 0.25) is 5.78 Å². The maximum atomic E-state index is 12.0. The maximum absolute atomic E-state index is 12.0. The van der Waals surface area contributed by atoms with Crippen molar-refractivity contribution in [1.82, 2.24) is 5.32 Å². The summed E-state index contributed by atoms with van der Waals surface area (Å²) in [5.41, 5.74) is 1.53. The van der Waals surface area contributed by atoms with Crippen LogP contribution in [0.1, 0.15) is 0 Å². The second-order valence-corrected chi connectivity index (χ2v) is 4.21. The van der Waals surface area contributed by atoms with E-state index in [0.29, 0.717) is 23.4 Å². The van der Waals surface area contributed by atoms with Crippen molar-refractivity contribution in [3.8, 4) is 0 Å². The fraction of sp³-hybridized carbons (Fsp3) is 0.231. The first-order valence-electron chi connectivity index (χ1n) is 5.76. The quantitative estimate of drug-likeness (QED) is 0.505. The summed E-state index contributed by atoms with van der Waals surface area (Å²) in [7, 11) is 1.27. The molecule has 0 aromatic rings. The second-order valence-electron chi connectivity index (χ2n) is 4.21. The van der Waals surface area contributed by atoms with E-state index >= 15 is 0 Å². The third-order valence-electron chi connectivity index (χ3n) is 3.23. The molecule has 0 unspecified atom stereocenters. The fourth-order valence-corrected chi connectivity index (χ4v) is 2.38. The number of hydrogen-bond donors (Lipinski definition) is 1. The van der Waals surface area contributed by atoms with Gasteiger partial charge in [0, 0.05) is 17.7 Å². The normalized spacial score (nSPS) is 21.0. The SMILES string of the molecule is COC(=O)C1=CCN=C2C(=O)C(=O)C3=CCNC3=C12. The van der Waals surface area contributed by atoms with Gasteiger partial charge in [-0.3, -0.25) is 14.6 Å². The van der Waals surface area contributed by atoms with E-state index in [-0.39, 0.29) is 17.8 Å². The number of nitrogens with zero attached hydrogens (tertiary/aromatic N) is 1. The fourth-order valence-electron chi connectivity index (χ4n) is 2.38. The number of methoxy groups -OCH3 is 1. The van der Waals surface area contributed by atoms with Crippen molar-refractivity contribution in [1.29, 1.82) is 0 Å². The zero-order valence-electron chi connectivity index (χ0n) is 10.1. The Balaban J connectivity index is 2.23. The smallest absolute Gasteiger partial charge is 0.338 e. The van der Waals surface area contributed by atoms with Crippen molar-refractivity contribution < 1.29 is 19.1 Å². The lowest BCUT2D eigenvalue weighted by Gasteiger charge is -2.23. The zero-order chi connectivity index (χ0) is 13.6. The van der Waals surface area contributed by atoms with Crippen LogP contribution in [0.25, 0.3) is 0 Å². The monoisotopic (exact) mass is 258 g/mol. The van der Waals surface area contributed by atoms with Gasteiger partial charge in [0.05, 0.1) is 24.9 Å². The molecule has 96 valence electrons. The molecular weight excluding hydrogens is 248 g/mol. The number of aliphatic imine (C=N–C) groups is 1. The van der Waals surface area contributed by atoms with Gasteiger partial charge < -0.3 is 10.1 Å². The average Bonchev–Trinajstić information content (AvgIpc) is 2.92. The molecule has 0 aromatic carbocycles. The van der Waals surface area contributed by atoms with Crippen LogP contribution in [0.4, 0.5) is 0 Å². The first-order chi connectivity index (χ1) is 9.15. The van der Waals surface area contributed by atoms with Gasteiger partial charge in [-0.25, -0.2) is 4.79 Å². The number of carbonyl (C=O) groups excluding carboxylic acids is 3. The van der Waals surface area contributed by atoms with Crippen molar-refractivity contribution in [2.75, 3.05) is 20.2 Å². The Bertz CT molecular complexity index is 650. The maximum Gasteiger partial charge on any atom is 0.338 e. The lowest BCUT2D eigenvalue weighted by molar-refractivity contribution is -0.135. The van der Waals surface area contributed by atoms with Crippen LogP contribution in [0.2, 0.25) is 0 Å². The summed E-state index contributed by atoms with van der Waals surface area (Å²) >= 11 is 0. The lowest BCUT2D eigenvalue weighted by Crippen LogP contribution is -2.38. The third-order valence-corrected chi connectivity index (χ3v) is 3.23. The molecule has 0 radical (unpaired) electrons. The topological polar surface area (TPSA) is 84.8 Å². The van der Waals surface area contributed by atoms with E-state index in [2.05, 4.69) is 10.3 Å². The molecule has 0 saturated heterocycles. The van der Waals surface area contributed by atoms with Crippen LogP contribution >= 0.6 is 0 Å². The number of dihydropyridines is 1. The van der Waals surface area contributed by atoms with Gasteiger partial charge in [0.15, 0.2) is 0 Å². The summed E-state index contributed by atoms with van der Waals surface area (Å²) in [5.74, 6) is -1.78.